The molecule has 60 heavy (non-hydrogen) atoms. The Balaban J connectivity index is 1.11. The molecule has 12 aromatic rings. The van der Waals surface area contributed by atoms with Crippen molar-refractivity contribution in [1.29, 1.82) is 0 Å². The summed E-state index contributed by atoms with van der Waals surface area (Å²) < 4.78 is 7.37. The number of rotatable bonds is 4. The van der Waals surface area contributed by atoms with Crippen molar-refractivity contribution in [2.24, 2.45) is 0 Å². The molecule has 1 aliphatic heterocycles. The van der Waals surface area contributed by atoms with Gasteiger partial charge in [0.2, 0.25) is 0 Å². The second-order valence-electron chi connectivity index (χ2n) is 15.7. The Morgan fingerprint density at radius 3 is 1.28 bits per heavy atom. The van der Waals surface area contributed by atoms with Crippen LogP contribution >= 0.6 is 0 Å². The number of fused-ring (bicyclic) bond motifs is 13. The molecule has 0 fully saturated rings. The fraction of sp³-hybridized carbons (Fsp3) is 0. The lowest BCUT2D eigenvalue weighted by atomic mass is 9.98. The molecule has 0 amide bonds. The molecule has 4 heteroatoms. The fourth-order valence-electron chi connectivity index (χ4n) is 10.1. The zero-order chi connectivity index (χ0) is 39.3. The number of benzene rings is 9. The first-order valence-electron chi connectivity index (χ1n) is 20.6. The summed E-state index contributed by atoms with van der Waals surface area (Å²) in [5.74, 6) is 0. The Morgan fingerprint density at radius 1 is 0.250 bits per heavy atom. The second kappa shape index (κ2) is 12.7. The van der Waals surface area contributed by atoms with E-state index in [2.05, 4.69) is 237 Å². The molecule has 3 aromatic heterocycles. The third-order valence-corrected chi connectivity index (χ3v) is 12.5. The van der Waals surface area contributed by atoms with E-state index in [0.29, 0.717) is 0 Å². The lowest BCUT2D eigenvalue weighted by Crippen LogP contribution is -2.11. The lowest BCUT2D eigenvalue weighted by Gasteiger charge is -2.27. The van der Waals surface area contributed by atoms with Crippen molar-refractivity contribution < 1.29 is 0 Å². The van der Waals surface area contributed by atoms with Crippen LogP contribution < -0.4 is 4.90 Å². The molecule has 13 rings (SSSR count). The maximum absolute atomic E-state index is 2.50. The lowest BCUT2D eigenvalue weighted by molar-refractivity contribution is 1.12. The minimum Gasteiger partial charge on any atom is -0.309 e. The van der Waals surface area contributed by atoms with Crippen LogP contribution in [0.3, 0.4) is 0 Å². The van der Waals surface area contributed by atoms with Gasteiger partial charge >= 0.3 is 0 Å². The number of para-hydroxylation sites is 7. The molecule has 4 nitrogen and oxygen atoms in total. The summed E-state index contributed by atoms with van der Waals surface area (Å²) in [6.45, 7) is 0. The molecule has 4 heterocycles. The summed E-state index contributed by atoms with van der Waals surface area (Å²) >= 11 is 0. The van der Waals surface area contributed by atoms with Gasteiger partial charge in [-0.05, 0) is 78.9 Å². The average Bonchev–Trinajstić information content (AvgIpc) is 3.92. The molecule has 9 aromatic carbocycles. The summed E-state index contributed by atoms with van der Waals surface area (Å²) in [5.41, 5.74) is 17.6. The quantitative estimate of drug-likeness (QED) is 0.175. The number of hydrogen-bond acceptors (Lipinski definition) is 1. The molecule has 0 spiro atoms. The summed E-state index contributed by atoms with van der Waals surface area (Å²) in [6, 6.07) is 79.8. The van der Waals surface area contributed by atoms with Crippen LogP contribution in [0.15, 0.2) is 218 Å². The van der Waals surface area contributed by atoms with Crippen LogP contribution in [0.4, 0.5) is 17.1 Å². The number of nitrogens with zero attached hydrogens (tertiary/aromatic N) is 4. The molecule has 0 saturated carbocycles. The van der Waals surface area contributed by atoms with E-state index in [-0.39, 0.29) is 0 Å². The van der Waals surface area contributed by atoms with Gasteiger partial charge in [0, 0.05) is 66.4 Å². The topological polar surface area (TPSA) is 18.0 Å². The molecule has 0 saturated heterocycles. The minimum absolute atomic E-state index is 1.11. The van der Waals surface area contributed by atoms with E-state index >= 15 is 0 Å². The van der Waals surface area contributed by atoms with Crippen molar-refractivity contribution >= 4 is 71.6 Å². The van der Waals surface area contributed by atoms with E-state index in [9.17, 15) is 0 Å². The molecule has 0 aliphatic carbocycles. The van der Waals surface area contributed by atoms with Crippen LogP contribution in [0.25, 0.3) is 94.0 Å². The predicted octanol–water partition coefficient (Wildman–Crippen LogP) is 14.9. The highest BCUT2D eigenvalue weighted by Gasteiger charge is 2.31. The standard InChI is InChI=1S/C56H36N4/c1-3-17-37(18-4-1)57-50-28-14-9-23-45(50)55-46-24-10-15-29-51(46)60(56(55)47-25-11-16-30-52(47)57)40-32-34-44-43-33-31-39(35-53(43)58(54(44)36-40)38-19-5-2-6-20-38)59-48-26-12-7-21-41(48)42-22-8-13-27-49(42)59/h1-36H. The van der Waals surface area contributed by atoms with Gasteiger partial charge in [0.05, 0.1) is 44.7 Å². The molecule has 0 N–H and O–H groups in total. The maximum atomic E-state index is 2.50. The smallest absolute Gasteiger partial charge is 0.0641 e. The Hall–Kier alpha value is -8.08. The minimum atomic E-state index is 1.11. The number of aromatic nitrogens is 3. The van der Waals surface area contributed by atoms with E-state index in [4.69, 9.17) is 0 Å². The first kappa shape index (κ1) is 32.9. The van der Waals surface area contributed by atoms with Crippen molar-refractivity contribution in [2.75, 3.05) is 4.90 Å². The van der Waals surface area contributed by atoms with Crippen LogP contribution in [0.2, 0.25) is 0 Å². The molecule has 0 bridgehead atoms. The maximum Gasteiger partial charge on any atom is 0.0641 e. The van der Waals surface area contributed by atoms with Gasteiger partial charge in [0.25, 0.3) is 0 Å². The Kier molecular flexibility index (Phi) is 6.98. The third-order valence-electron chi connectivity index (χ3n) is 12.5. The molecular formula is C56H36N4. The first-order chi connectivity index (χ1) is 29.8. The van der Waals surface area contributed by atoms with E-state index in [1.54, 1.807) is 0 Å². The fourth-order valence-corrected chi connectivity index (χ4v) is 10.1. The van der Waals surface area contributed by atoms with E-state index in [1.165, 1.54) is 71.4 Å². The summed E-state index contributed by atoms with van der Waals surface area (Å²) in [4.78, 5) is 2.43. The largest absolute Gasteiger partial charge is 0.309 e. The average molecular weight is 765 g/mol. The normalized spacial score (nSPS) is 12.3. The van der Waals surface area contributed by atoms with E-state index in [0.717, 1.165) is 39.6 Å². The Morgan fingerprint density at radius 2 is 0.667 bits per heavy atom. The van der Waals surface area contributed by atoms with Gasteiger partial charge < -0.3 is 18.6 Å². The van der Waals surface area contributed by atoms with Crippen molar-refractivity contribution in [3.8, 4) is 39.4 Å². The van der Waals surface area contributed by atoms with Crippen LogP contribution in [0.5, 0.6) is 0 Å². The Bertz CT molecular complexity index is 3610. The Labute approximate surface area is 346 Å². The van der Waals surface area contributed by atoms with Crippen molar-refractivity contribution in [3.63, 3.8) is 0 Å². The van der Waals surface area contributed by atoms with Crippen LogP contribution in [0, 0.1) is 0 Å². The summed E-state index contributed by atoms with van der Waals surface area (Å²) in [5, 5.41) is 6.18. The number of anilines is 3. The van der Waals surface area contributed by atoms with Crippen LogP contribution in [-0.2, 0) is 0 Å². The molecule has 1 aliphatic rings. The molecule has 0 atom stereocenters. The third kappa shape index (κ3) is 4.61. The van der Waals surface area contributed by atoms with Crippen molar-refractivity contribution in [2.45, 2.75) is 0 Å². The van der Waals surface area contributed by atoms with Gasteiger partial charge in [-0.15, -0.1) is 0 Å². The highest BCUT2D eigenvalue weighted by molar-refractivity contribution is 6.15. The molecule has 0 unspecified atom stereocenters. The highest BCUT2D eigenvalue weighted by Crippen LogP contribution is 2.54. The molecule has 280 valence electrons. The van der Waals surface area contributed by atoms with Crippen molar-refractivity contribution in [1.82, 2.24) is 13.7 Å². The predicted molar refractivity (Wildman–Crippen MR) is 251 cm³/mol. The van der Waals surface area contributed by atoms with Gasteiger partial charge in [-0.25, -0.2) is 0 Å². The van der Waals surface area contributed by atoms with Crippen LogP contribution in [-0.4, -0.2) is 13.7 Å². The highest BCUT2D eigenvalue weighted by atomic mass is 15.2. The SMILES string of the molecule is c1ccc(N2c3ccccc3-c3c(n(-c4ccc5c6ccc(-n7c8ccccc8c8ccccc87)cc6n(-c6ccccc6)c5c4)c4ccccc34)-c3ccccc32)cc1. The van der Waals surface area contributed by atoms with Crippen molar-refractivity contribution in [3.05, 3.63) is 218 Å². The van der Waals surface area contributed by atoms with Crippen LogP contribution in [0.1, 0.15) is 0 Å². The first-order valence-corrected chi connectivity index (χ1v) is 20.6. The summed E-state index contributed by atoms with van der Waals surface area (Å²) in [6.07, 6.45) is 0. The summed E-state index contributed by atoms with van der Waals surface area (Å²) in [7, 11) is 0. The van der Waals surface area contributed by atoms with Gasteiger partial charge in [0.1, 0.15) is 0 Å². The van der Waals surface area contributed by atoms with E-state index < -0.39 is 0 Å². The monoisotopic (exact) mass is 764 g/mol. The zero-order valence-corrected chi connectivity index (χ0v) is 32.6. The van der Waals surface area contributed by atoms with Gasteiger partial charge in [-0.3, -0.25) is 0 Å². The van der Waals surface area contributed by atoms with Gasteiger partial charge in [0.15, 0.2) is 0 Å². The van der Waals surface area contributed by atoms with E-state index in [1.807, 2.05) is 0 Å². The molecule has 0 radical (unpaired) electrons. The number of hydrogen-bond donors (Lipinski definition) is 0. The van der Waals surface area contributed by atoms with Gasteiger partial charge in [-0.1, -0.05) is 140 Å². The second-order valence-corrected chi connectivity index (χ2v) is 15.7. The van der Waals surface area contributed by atoms with Gasteiger partial charge in [-0.2, -0.15) is 0 Å². The molecular weight excluding hydrogens is 729 g/mol. The zero-order valence-electron chi connectivity index (χ0n) is 32.6.